The summed E-state index contributed by atoms with van der Waals surface area (Å²) in [7, 11) is 1.84. The van der Waals surface area contributed by atoms with Gasteiger partial charge in [0.2, 0.25) is 5.91 Å². The molecule has 2 aliphatic rings. The summed E-state index contributed by atoms with van der Waals surface area (Å²) in [4.78, 5) is 25.8. The molecule has 5 nitrogen and oxygen atoms in total. The third kappa shape index (κ3) is 3.30. The smallest absolute Gasteiger partial charge is 0.315 e. The largest absolute Gasteiger partial charge is 0.337 e. The molecule has 1 aliphatic carbocycles. The molecule has 0 radical (unpaired) electrons. The molecule has 1 unspecified atom stereocenters. The van der Waals surface area contributed by atoms with Crippen LogP contribution in [0.4, 0.5) is 4.79 Å². The van der Waals surface area contributed by atoms with Crippen LogP contribution in [0.3, 0.4) is 0 Å². The Kier molecular flexibility index (Phi) is 4.60. The van der Waals surface area contributed by atoms with Crippen LogP contribution in [0.2, 0.25) is 0 Å². The Morgan fingerprint density at radius 2 is 1.96 bits per heavy atom. The molecule has 3 rings (SSSR count). The van der Waals surface area contributed by atoms with Gasteiger partial charge in [-0.2, -0.15) is 0 Å². The fourth-order valence-electron chi connectivity index (χ4n) is 3.69. The molecule has 1 atom stereocenters. The van der Waals surface area contributed by atoms with E-state index in [1.54, 1.807) is 4.90 Å². The Morgan fingerprint density at radius 3 is 2.71 bits per heavy atom. The molecule has 128 valence electrons. The minimum atomic E-state index is -0.157. The number of hydrogen-bond donors (Lipinski definition) is 2. The summed E-state index contributed by atoms with van der Waals surface area (Å²) in [6.45, 7) is 3.14. The SMILES string of the molecule is Cc1ccc(CNC(=O)NCC23CCC=C2N(C)C(=O)CC3)cc1. The molecule has 1 aromatic carbocycles. The molecule has 0 saturated carbocycles. The number of carbonyl (C=O) groups excluding carboxylic acids is 2. The van der Waals surface area contributed by atoms with Gasteiger partial charge < -0.3 is 15.5 Å². The zero-order chi connectivity index (χ0) is 17.2. The Labute approximate surface area is 143 Å². The van der Waals surface area contributed by atoms with Crippen molar-refractivity contribution in [1.29, 1.82) is 0 Å². The Bertz CT molecular complexity index is 666. The lowest BCUT2D eigenvalue weighted by atomic mass is 9.77. The van der Waals surface area contributed by atoms with Crippen molar-refractivity contribution in [2.75, 3.05) is 13.6 Å². The summed E-state index contributed by atoms with van der Waals surface area (Å²) in [6.07, 6.45) is 5.49. The number of aryl methyl sites for hydroxylation is 1. The van der Waals surface area contributed by atoms with Gasteiger partial charge in [0, 0.05) is 37.7 Å². The van der Waals surface area contributed by atoms with Gasteiger partial charge in [0.15, 0.2) is 0 Å². The fraction of sp³-hybridized carbons (Fsp3) is 0.474. The van der Waals surface area contributed by atoms with Gasteiger partial charge in [-0.05, 0) is 31.7 Å². The van der Waals surface area contributed by atoms with E-state index >= 15 is 0 Å². The highest BCUT2D eigenvalue weighted by Gasteiger charge is 2.44. The van der Waals surface area contributed by atoms with Crippen LogP contribution >= 0.6 is 0 Å². The van der Waals surface area contributed by atoms with Crippen molar-refractivity contribution in [3.63, 3.8) is 0 Å². The fourth-order valence-corrected chi connectivity index (χ4v) is 3.69. The first-order chi connectivity index (χ1) is 11.5. The van der Waals surface area contributed by atoms with Crippen LogP contribution in [0.5, 0.6) is 0 Å². The maximum atomic E-state index is 12.1. The Hall–Kier alpha value is -2.30. The third-order valence-corrected chi connectivity index (χ3v) is 5.22. The first-order valence-corrected chi connectivity index (χ1v) is 8.55. The molecule has 3 amide bonds. The van der Waals surface area contributed by atoms with Gasteiger partial charge in [-0.15, -0.1) is 0 Å². The molecule has 1 saturated heterocycles. The first-order valence-electron chi connectivity index (χ1n) is 8.55. The van der Waals surface area contributed by atoms with E-state index in [2.05, 4.69) is 16.7 Å². The van der Waals surface area contributed by atoms with Crippen LogP contribution in [0.1, 0.15) is 36.8 Å². The number of urea groups is 1. The maximum Gasteiger partial charge on any atom is 0.315 e. The highest BCUT2D eigenvalue weighted by molar-refractivity contribution is 5.80. The lowest BCUT2D eigenvalue weighted by molar-refractivity contribution is -0.131. The van der Waals surface area contributed by atoms with Crippen molar-refractivity contribution in [2.45, 2.75) is 39.2 Å². The second-order valence-corrected chi connectivity index (χ2v) is 6.88. The number of amides is 3. The quantitative estimate of drug-likeness (QED) is 0.893. The average Bonchev–Trinajstić information content (AvgIpc) is 3.01. The van der Waals surface area contributed by atoms with Crippen molar-refractivity contribution < 1.29 is 9.59 Å². The van der Waals surface area contributed by atoms with Crippen LogP contribution in [-0.4, -0.2) is 30.4 Å². The number of likely N-dealkylation sites (tertiary alicyclic amines) is 1. The van der Waals surface area contributed by atoms with E-state index in [0.29, 0.717) is 19.5 Å². The van der Waals surface area contributed by atoms with Crippen molar-refractivity contribution in [1.82, 2.24) is 15.5 Å². The minimum absolute atomic E-state index is 0.0795. The number of piperidine rings is 1. The first kappa shape index (κ1) is 16.6. The summed E-state index contributed by atoms with van der Waals surface area (Å²) < 4.78 is 0. The summed E-state index contributed by atoms with van der Waals surface area (Å²) in [5.41, 5.74) is 3.29. The molecule has 5 heteroatoms. The normalized spacial score (nSPS) is 22.8. The second kappa shape index (κ2) is 6.67. The van der Waals surface area contributed by atoms with E-state index in [0.717, 1.165) is 30.5 Å². The van der Waals surface area contributed by atoms with E-state index in [4.69, 9.17) is 0 Å². The standard InChI is InChI=1S/C19H25N3O2/c1-14-5-7-15(8-6-14)12-20-18(24)21-13-19-10-3-4-16(19)22(2)17(23)9-11-19/h4-8H,3,9-13H2,1-2H3,(H2,20,21,24). The topological polar surface area (TPSA) is 61.4 Å². The molecule has 24 heavy (non-hydrogen) atoms. The molecule has 2 N–H and O–H groups in total. The van der Waals surface area contributed by atoms with Gasteiger partial charge in [0.1, 0.15) is 0 Å². The number of carbonyl (C=O) groups is 2. The van der Waals surface area contributed by atoms with Gasteiger partial charge in [-0.25, -0.2) is 4.79 Å². The van der Waals surface area contributed by atoms with E-state index in [-0.39, 0.29) is 17.4 Å². The maximum absolute atomic E-state index is 12.1. The van der Waals surface area contributed by atoms with Gasteiger partial charge in [-0.1, -0.05) is 35.9 Å². The van der Waals surface area contributed by atoms with Crippen molar-refractivity contribution in [3.8, 4) is 0 Å². The highest BCUT2D eigenvalue weighted by Crippen LogP contribution is 2.46. The molecular weight excluding hydrogens is 302 g/mol. The molecule has 1 aromatic rings. The van der Waals surface area contributed by atoms with Gasteiger partial charge in [-0.3, -0.25) is 4.79 Å². The third-order valence-electron chi connectivity index (χ3n) is 5.22. The zero-order valence-electron chi connectivity index (χ0n) is 14.4. The van der Waals surface area contributed by atoms with Crippen LogP contribution in [0.15, 0.2) is 36.0 Å². The number of hydrogen-bond acceptors (Lipinski definition) is 2. The number of fused-ring (bicyclic) bond motifs is 1. The number of allylic oxidation sites excluding steroid dienone is 1. The van der Waals surface area contributed by atoms with Crippen molar-refractivity contribution in [3.05, 3.63) is 47.2 Å². The summed E-state index contributed by atoms with van der Waals surface area (Å²) >= 11 is 0. The summed E-state index contributed by atoms with van der Waals surface area (Å²) in [6, 6.07) is 7.97. The van der Waals surface area contributed by atoms with Crippen molar-refractivity contribution in [2.24, 2.45) is 5.41 Å². The number of nitrogens with one attached hydrogen (secondary N) is 2. The molecule has 1 aliphatic heterocycles. The summed E-state index contributed by atoms with van der Waals surface area (Å²) in [5.74, 6) is 0.169. The Morgan fingerprint density at radius 1 is 1.21 bits per heavy atom. The number of benzene rings is 1. The van der Waals surface area contributed by atoms with Crippen molar-refractivity contribution >= 4 is 11.9 Å². The minimum Gasteiger partial charge on any atom is -0.337 e. The second-order valence-electron chi connectivity index (χ2n) is 6.88. The summed E-state index contributed by atoms with van der Waals surface area (Å²) in [5, 5.41) is 5.91. The molecule has 0 aromatic heterocycles. The lowest BCUT2D eigenvalue weighted by Crippen LogP contribution is -2.48. The van der Waals surface area contributed by atoms with Gasteiger partial charge >= 0.3 is 6.03 Å². The molecular formula is C19H25N3O2. The van der Waals surface area contributed by atoms with E-state index in [9.17, 15) is 9.59 Å². The molecule has 0 spiro atoms. The zero-order valence-corrected chi connectivity index (χ0v) is 14.4. The predicted octanol–water partition coefficient (Wildman–Crippen LogP) is 2.71. The monoisotopic (exact) mass is 327 g/mol. The predicted molar refractivity (Wildman–Crippen MR) is 93.2 cm³/mol. The molecule has 0 bridgehead atoms. The van der Waals surface area contributed by atoms with E-state index in [1.807, 2.05) is 38.2 Å². The lowest BCUT2D eigenvalue weighted by Gasteiger charge is -2.41. The van der Waals surface area contributed by atoms with Crippen LogP contribution in [-0.2, 0) is 11.3 Å². The number of nitrogens with zero attached hydrogens (tertiary/aromatic N) is 1. The Balaban J connectivity index is 1.53. The average molecular weight is 327 g/mol. The van der Waals surface area contributed by atoms with Crippen LogP contribution in [0.25, 0.3) is 0 Å². The van der Waals surface area contributed by atoms with Crippen LogP contribution in [0, 0.1) is 12.3 Å². The number of rotatable bonds is 4. The van der Waals surface area contributed by atoms with Gasteiger partial charge in [0.25, 0.3) is 0 Å². The van der Waals surface area contributed by atoms with Gasteiger partial charge in [0.05, 0.1) is 0 Å². The molecule has 1 fully saturated rings. The van der Waals surface area contributed by atoms with Crippen LogP contribution < -0.4 is 10.6 Å². The van der Waals surface area contributed by atoms with E-state index < -0.39 is 0 Å². The van der Waals surface area contributed by atoms with E-state index in [1.165, 1.54) is 5.56 Å². The highest BCUT2D eigenvalue weighted by atomic mass is 16.2. The molecule has 1 heterocycles.